The Morgan fingerprint density at radius 3 is 2.70 bits per heavy atom. The van der Waals surface area contributed by atoms with E-state index in [1.54, 1.807) is 0 Å². The lowest BCUT2D eigenvalue weighted by molar-refractivity contribution is -0.117. The quantitative estimate of drug-likeness (QED) is 0.549. The molecule has 2 nitrogen and oxygen atoms in total. The molecule has 1 fully saturated rings. The largest absolute Gasteiger partial charge is 0.392 e. The molecule has 0 heterocycles. The Kier molecular flexibility index (Phi) is 2.22. The number of carbonyl (C=O) groups excluding carboxylic acids is 1. The van der Waals surface area contributed by atoms with E-state index in [1.165, 1.54) is 0 Å². The van der Waals surface area contributed by atoms with E-state index in [1.807, 2.05) is 19.1 Å². The van der Waals surface area contributed by atoms with Gasteiger partial charge in [-0.1, -0.05) is 12.2 Å². The van der Waals surface area contributed by atoms with E-state index in [0.29, 0.717) is 12.8 Å². The molecule has 0 aromatic heterocycles. The number of hydrogen-bond acceptors (Lipinski definition) is 2. The van der Waals surface area contributed by atoms with Crippen LogP contribution < -0.4 is 0 Å². The van der Waals surface area contributed by atoms with E-state index in [4.69, 9.17) is 0 Å². The summed E-state index contributed by atoms with van der Waals surface area (Å²) in [4.78, 5) is 10.7. The SMILES string of the molecule is C/C=C/C1CC(=O)CC1O. The van der Waals surface area contributed by atoms with Crippen LogP contribution in [0.4, 0.5) is 0 Å². The first-order valence-corrected chi connectivity index (χ1v) is 3.56. The molecule has 2 heteroatoms. The Bertz CT molecular complexity index is 161. The van der Waals surface area contributed by atoms with Gasteiger partial charge in [0.15, 0.2) is 0 Å². The van der Waals surface area contributed by atoms with Crippen LogP contribution >= 0.6 is 0 Å². The van der Waals surface area contributed by atoms with Gasteiger partial charge >= 0.3 is 0 Å². The number of aliphatic hydroxyl groups is 1. The Labute approximate surface area is 60.6 Å². The van der Waals surface area contributed by atoms with Crippen LogP contribution in [0.25, 0.3) is 0 Å². The molecule has 0 spiro atoms. The highest BCUT2D eigenvalue weighted by Gasteiger charge is 2.28. The van der Waals surface area contributed by atoms with Gasteiger partial charge in [-0.25, -0.2) is 0 Å². The molecule has 1 N–H and O–H groups in total. The van der Waals surface area contributed by atoms with E-state index in [9.17, 15) is 9.90 Å². The van der Waals surface area contributed by atoms with Crippen LogP contribution in [0.1, 0.15) is 19.8 Å². The van der Waals surface area contributed by atoms with Crippen molar-refractivity contribution in [1.82, 2.24) is 0 Å². The minimum absolute atomic E-state index is 0.0810. The summed E-state index contributed by atoms with van der Waals surface area (Å²) in [5.74, 6) is 0.258. The maximum atomic E-state index is 10.7. The molecule has 1 aliphatic rings. The van der Waals surface area contributed by atoms with Gasteiger partial charge < -0.3 is 5.11 Å². The van der Waals surface area contributed by atoms with Gasteiger partial charge in [0.2, 0.25) is 0 Å². The van der Waals surface area contributed by atoms with Crippen LogP contribution in [-0.2, 0) is 4.79 Å². The Hall–Kier alpha value is -0.630. The molecule has 2 unspecified atom stereocenters. The topological polar surface area (TPSA) is 37.3 Å². The van der Waals surface area contributed by atoms with Crippen molar-refractivity contribution in [1.29, 1.82) is 0 Å². The zero-order valence-corrected chi connectivity index (χ0v) is 6.08. The van der Waals surface area contributed by atoms with Crippen molar-refractivity contribution < 1.29 is 9.90 Å². The summed E-state index contributed by atoms with van der Waals surface area (Å²) in [5.41, 5.74) is 0. The number of ketones is 1. The number of rotatable bonds is 1. The molecule has 0 saturated heterocycles. The Morgan fingerprint density at radius 1 is 1.60 bits per heavy atom. The highest BCUT2D eigenvalue weighted by atomic mass is 16.3. The van der Waals surface area contributed by atoms with Crippen LogP contribution in [0.5, 0.6) is 0 Å². The molecule has 0 aliphatic heterocycles. The van der Waals surface area contributed by atoms with Crippen molar-refractivity contribution in [3.05, 3.63) is 12.2 Å². The number of aliphatic hydroxyl groups excluding tert-OH is 1. The molecule has 10 heavy (non-hydrogen) atoms. The second-order valence-electron chi connectivity index (χ2n) is 2.70. The van der Waals surface area contributed by atoms with E-state index in [-0.39, 0.29) is 11.7 Å². The van der Waals surface area contributed by atoms with Crippen molar-refractivity contribution in [2.24, 2.45) is 5.92 Å². The Morgan fingerprint density at radius 2 is 2.30 bits per heavy atom. The average molecular weight is 140 g/mol. The van der Waals surface area contributed by atoms with Gasteiger partial charge in [-0.3, -0.25) is 4.79 Å². The molecule has 1 saturated carbocycles. The number of carbonyl (C=O) groups is 1. The predicted molar refractivity (Wildman–Crippen MR) is 38.6 cm³/mol. The molecular weight excluding hydrogens is 128 g/mol. The van der Waals surface area contributed by atoms with Crippen molar-refractivity contribution in [3.8, 4) is 0 Å². The minimum Gasteiger partial charge on any atom is -0.392 e. The van der Waals surface area contributed by atoms with Crippen LogP contribution in [0.3, 0.4) is 0 Å². The first kappa shape index (κ1) is 7.48. The van der Waals surface area contributed by atoms with Crippen molar-refractivity contribution in [2.75, 3.05) is 0 Å². The second-order valence-corrected chi connectivity index (χ2v) is 2.70. The normalized spacial score (nSPS) is 34.0. The summed E-state index contributed by atoms with van der Waals surface area (Å²) in [6.07, 6.45) is 4.21. The average Bonchev–Trinajstić information content (AvgIpc) is 2.13. The number of hydrogen-bond donors (Lipinski definition) is 1. The lowest BCUT2D eigenvalue weighted by Crippen LogP contribution is -2.09. The van der Waals surface area contributed by atoms with Crippen LogP contribution in [0, 0.1) is 5.92 Å². The minimum atomic E-state index is -0.427. The Balaban J connectivity index is 2.54. The summed E-state index contributed by atoms with van der Waals surface area (Å²) in [5, 5.41) is 9.22. The van der Waals surface area contributed by atoms with Crippen molar-refractivity contribution in [2.45, 2.75) is 25.9 Å². The van der Waals surface area contributed by atoms with Crippen molar-refractivity contribution >= 4 is 5.78 Å². The van der Waals surface area contributed by atoms with Gasteiger partial charge in [0.25, 0.3) is 0 Å². The molecule has 1 aliphatic carbocycles. The zero-order chi connectivity index (χ0) is 7.56. The van der Waals surface area contributed by atoms with Crippen molar-refractivity contribution in [3.63, 3.8) is 0 Å². The first-order valence-electron chi connectivity index (χ1n) is 3.56. The number of allylic oxidation sites excluding steroid dienone is 1. The highest BCUT2D eigenvalue weighted by Crippen LogP contribution is 2.23. The second kappa shape index (κ2) is 2.97. The monoisotopic (exact) mass is 140 g/mol. The summed E-state index contributed by atoms with van der Waals surface area (Å²) < 4.78 is 0. The molecule has 0 radical (unpaired) electrons. The third kappa shape index (κ3) is 1.45. The van der Waals surface area contributed by atoms with Gasteiger partial charge in [0.05, 0.1) is 6.10 Å². The van der Waals surface area contributed by atoms with E-state index >= 15 is 0 Å². The summed E-state index contributed by atoms with van der Waals surface area (Å²) in [6, 6.07) is 0. The fourth-order valence-electron chi connectivity index (χ4n) is 1.31. The zero-order valence-electron chi connectivity index (χ0n) is 6.08. The lowest BCUT2D eigenvalue weighted by atomic mass is 10.1. The van der Waals surface area contributed by atoms with Gasteiger partial charge in [0, 0.05) is 18.8 Å². The van der Waals surface area contributed by atoms with Crippen LogP contribution in [0.2, 0.25) is 0 Å². The molecule has 56 valence electrons. The van der Waals surface area contributed by atoms with E-state index in [2.05, 4.69) is 0 Å². The maximum absolute atomic E-state index is 10.7. The lowest BCUT2D eigenvalue weighted by Gasteiger charge is -2.05. The first-order chi connectivity index (χ1) is 4.74. The van der Waals surface area contributed by atoms with E-state index < -0.39 is 6.10 Å². The van der Waals surface area contributed by atoms with Crippen LogP contribution in [0.15, 0.2) is 12.2 Å². The van der Waals surface area contributed by atoms with Gasteiger partial charge in [-0.05, 0) is 6.92 Å². The molecule has 0 aromatic carbocycles. The molecule has 1 rings (SSSR count). The fraction of sp³-hybridized carbons (Fsp3) is 0.625. The standard InChI is InChI=1S/C8H12O2/c1-2-3-6-4-7(9)5-8(6)10/h2-3,6,8,10H,4-5H2,1H3/b3-2+. The van der Waals surface area contributed by atoms with Gasteiger partial charge in [-0.2, -0.15) is 0 Å². The number of Topliss-reactive ketones (excluding diaryl/α,β-unsaturated/α-hetero) is 1. The third-order valence-electron chi connectivity index (χ3n) is 1.83. The van der Waals surface area contributed by atoms with Gasteiger partial charge in [0.1, 0.15) is 5.78 Å². The molecule has 2 atom stereocenters. The smallest absolute Gasteiger partial charge is 0.136 e. The van der Waals surface area contributed by atoms with Crippen LogP contribution in [-0.4, -0.2) is 17.0 Å². The summed E-state index contributed by atoms with van der Waals surface area (Å²) >= 11 is 0. The summed E-state index contributed by atoms with van der Waals surface area (Å²) in [7, 11) is 0. The third-order valence-corrected chi connectivity index (χ3v) is 1.83. The predicted octanol–water partition coefficient (Wildman–Crippen LogP) is 0.903. The summed E-state index contributed by atoms with van der Waals surface area (Å²) in [6.45, 7) is 1.90. The molecular formula is C8H12O2. The molecule has 0 aromatic rings. The van der Waals surface area contributed by atoms with E-state index in [0.717, 1.165) is 0 Å². The van der Waals surface area contributed by atoms with Gasteiger partial charge in [-0.15, -0.1) is 0 Å². The molecule has 0 amide bonds. The molecule has 0 bridgehead atoms. The maximum Gasteiger partial charge on any atom is 0.136 e. The fourth-order valence-corrected chi connectivity index (χ4v) is 1.31. The highest BCUT2D eigenvalue weighted by molar-refractivity contribution is 5.81.